The van der Waals surface area contributed by atoms with Crippen LogP contribution in [0.2, 0.25) is 0 Å². The Labute approximate surface area is 54.1 Å². The summed E-state index contributed by atoms with van der Waals surface area (Å²) < 4.78 is 30.8. The van der Waals surface area contributed by atoms with Crippen LogP contribution in [0, 0.1) is 0 Å². The fourth-order valence-corrected chi connectivity index (χ4v) is 0. The van der Waals surface area contributed by atoms with Gasteiger partial charge in [0.05, 0.1) is 0 Å². The molecule has 0 saturated heterocycles. The van der Waals surface area contributed by atoms with Crippen LogP contribution in [0.3, 0.4) is 0 Å². The SMILES string of the molecule is [O]=[Sb]([OH])([OH])[OH].[W]. The Balaban J connectivity index is 0. The molecule has 3 N–H and O–H groups in total. The van der Waals surface area contributed by atoms with Crippen molar-refractivity contribution in [1.82, 2.24) is 0 Å². The minimum atomic E-state index is -5.35. The van der Waals surface area contributed by atoms with Crippen LogP contribution in [-0.4, -0.2) is 30.2 Å². The molecule has 0 atom stereocenters. The monoisotopic (exact) mass is 372 g/mol. The van der Waals surface area contributed by atoms with Gasteiger partial charge < -0.3 is 0 Å². The van der Waals surface area contributed by atoms with Crippen molar-refractivity contribution >= 4 is 20.1 Å². The molecule has 0 aliphatic rings. The van der Waals surface area contributed by atoms with Crippen LogP contribution in [0.15, 0.2) is 0 Å². The standard InChI is InChI=1S/3H2O.O.Sb.W/h3*1H2;;;/q;;;;+3;/p-3. The molecule has 0 bridgehead atoms. The summed E-state index contributed by atoms with van der Waals surface area (Å²) in [6.07, 6.45) is 0. The molecule has 0 saturated carbocycles. The van der Waals surface area contributed by atoms with Gasteiger partial charge in [0.2, 0.25) is 0 Å². The zero-order valence-corrected chi connectivity index (χ0v) is 8.09. The summed E-state index contributed by atoms with van der Waals surface area (Å²) in [6.45, 7) is 0. The van der Waals surface area contributed by atoms with Crippen LogP contribution in [0.25, 0.3) is 0 Å². The molecule has 0 aliphatic carbocycles. The van der Waals surface area contributed by atoms with Crippen molar-refractivity contribution in [3.8, 4) is 0 Å². The van der Waals surface area contributed by atoms with Gasteiger partial charge in [-0.1, -0.05) is 0 Å². The van der Waals surface area contributed by atoms with E-state index in [-0.39, 0.29) is 21.1 Å². The minimum absolute atomic E-state index is 0. The Morgan fingerprint density at radius 3 is 1.17 bits per heavy atom. The van der Waals surface area contributed by atoms with Crippen LogP contribution in [0.1, 0.15) is 0 Å². The second-order valence-corrected chi connectivity index (χ2v) is 3.44. The molecular formula is H3O4SbW. The molecule has 0 unspecified atom stereocenters. The maximum Gasteiger partial charge on any atom is 0 e. The average molecular weight is 373 g/mol. The zero-order valence-electron chi connectivity index (χ0n) is 2.61. The van der Waals surface area contributed by atoms with E-state index < -0.39 is 20.1 Å². The van der Waals surface area contributed by atoms with E-state index in [4.69, 9.17) is 13.2 Å². The molecule has 6 heavy (non-hydrogen) atoms. The largest absolute Gasteiger partial charge is 0 e. The Bertz CT molecular complexity index is 53.7. The zero-order chi connectivity index (χ0) is 4.50. The van der Waals surface area contributed by atoms with Crippen molar-refractivity contribution in [2.24, 2.45) is 0 Å². The summed E-state index contributed by atoms with van der Waals surface area (Å²) in [5.41, 5.74) is 0. The molecular weight excluding hydrogens is 370 g/mol. The van der Waals surface area contributed by atoms with E-state index >= 15 is 0 Å². The van der Waals surface area contributed by atoms with Gasteiger partial charge in [-0.25, -0.2) is 0 Å². The fraction of sp³-hybridized carbons (Fsp3) is 0. The van der Waals surface area contributed by atoms with E-state index in [0.717, 1.165) is 0 Å². The average Bonchev–Trinajstić information content (AvgIpc) is 0.722. The summed E-state index contributed by atoms with van der Waals surface area (Å²) in [4.78, 5) is 0. The molecule has 6 heteroatoms. The second kappa shape index (κ2) is 3.22. The van der Waals surface area contributed by atoms with Crippen molar-refractivity contribution in [3.63, 3.8) is 0 Å². The van der Waals surface area contributed by atoms with Gasteiger partial charge >= 0.3 is 33.2 Å². The predicted octanol–water partition coefficient (Wildman–Crippen LogP) is -2.17. The van der Waals surface area contributed by atoms with Crippen LogP contribution in [0.4, 0.5) is 0 Å². The van der Waals surface area contributed by atoms with Gasteiger partial charge in [-0.2, -0.15) is 0 Å². The summed E-state index contributed by atoms with van der Waals surface area (Å²) in [6, 6.07) is 0. The van der Waals surface area contributed by atoms with E-state index in [9.17, 15) is 0 Å². The third kappa shape index (κ3) is 64.6. The normalized spacial score (nSPS) is 9.83. The molecule has 0 spiro atoms. The van der Waals surface area contributed by atoms with Crippen LogP contribution >= 0.6 is 0 Å². The topological polar surface area (TPSA) is 77.8 Å². The molecule has 0 aromatic heterocycles. The molecule has 0 aromatic carbocycles. The van der Waals surface area contributed by atoms with Gasteiger partial charge in [0.1, 0.15) is 0 Å². The third-order valence-electron chi connectivity index (χ3n) is 0. The fourth-order valence-electron chi connectivity index (χ4n) is 0. The predicted molar refractivity (Wildman–Crippen MR) is 13.1 cm³/mol. The van der Waals surface area contributed by atoms with Crippen molar-refractivity contribution in [2.75, 3.05) is 0 Å². The number of hydrogen-bond donors (Lipinski definition) is 3. The second-order valence-electron chi connectivity index (χ2n) is 0.513. The smallest absolute Gasteiger partial charge is 0 e. The Morgan fingerprint density at radius 2 is 1.17 bits per heavy atom. The van der Waals surface area contributed by atoms with Crippen LogP contribution in [0.5, 0.6) is 0 Å². The number of rotatable bonds is 0. The molecule has 38 valence electrons. The Morgan fingerprint density at radius 1 is 1.17 bits per heavy atom. The van der Waals surface area contributed by atoms with E-state index in [1.54, 1.807) is 0 Å². The molecule has 4 nitrogen and oxygen atoms in total. The van der Waals surface area contributed by atoms with E-state index in [2.05, 4.69) is 0 Å². The molecule has 0 rings (SSSR count). The first kappa shape index (κ1) is 10.2. The maximum absolute atomic E-state index is 8.97. The first-order valence-electron chi connectivity index (χ1n) is 0.783. The quantitative estimate of drug-likeness (QED) is 0.423. The van der Waals surface area contributed by atoms with E-state index in [1.165, 1.54) is 0 Å². The van der Waals surface area contributed by atoms with Crippen molar-refractivity contribution in [1.29, 1.82) is 0 Å². The third-order valence-corrected chi connectivity index (χ3v) is 0. The summed E-state index contributed by atoms with van der Waals surface area (Å²) in [5, 5.41) is 0. The van der Waals surface area contributed by atoms with Crippen molar-refractivity contribution < 1.29 is 34.2 Å². The van der Waals surface area contributed by atoms with Gasteiger partial charge in [0.15, 0.2) is 0 Å². The van der Waals surface area contributed by atoms with E-state index in [0.29, 0.717) is 0 Å². The van der Waals surface area contributed by atoms with Gasteiger partial charge in [0.25, 0.3) is 0 Å². The van der Waals surface area contributed by atoms with E-state index in [1.807, 2.05) is 0 Å². The minimum Gasteiger partial charge on any atom is 0 e. The molecule has 0 heterocycles. The van der Waals surface area contributed by atoms with Crippen LogP contribution in [-0.2, 0) is 24.1 Å². The maximum atomic E-state index is 8.97. The molecule has 0 aliphatic heterocycles. The first-order valence-corrected chi connectivity index (χ1v) is 5.25. The Hall–Kier alpha value is 1.19. The summed E-state index contributed by atoms with van der Waals surface area (Å²) in [5.74, 6) is 0. The molecule has 0 radical (unpaired) electrons. The van der Waals surface area contributed by atoms with Gasteiger partial charge in [0, 0.05) is 21.1 Å². The summed E-state index contributed by atoms with van der Waals surface area (Å²) >= 11 is -5.35. The first-order chi connectivity index (χ1) is 2.00. The van der Waals surface area contributed by atoms with Crippen molar-refractivity contribution in [2.45, 2.75) is 0 Å². The van der Waals surface area contributed by atoms with Gasteiger partial charge in [-0.05, 0) is 0 Å². The van der Waals surface area contributed by atoms with Gasteiger partial charge in [-0.15, -0.1) is 0 Å². The summed E-state index contributed by atoms with van der Waals surface area (Å²) in [7, 11) is 0. The molecule has 0 aromatic rings. The molecule has 0 amide bonds. The Kier molecular flexibility index (Phi) is 5.49. The van der Waals surface area contributed by atoms with Gasteiger partial charge in [-0.3, -0.25) is 0 Å². The molecule has 0 fully saturated rings. The van der Waals surface area contributed by atoms with Crippen LogP contribution < -0.4 is 0 Å². The number of hydrogen-bond acceptors (Lipinski definition) is 1. The van der Waals surface area contributed by atoms with Crippen molar-refractivity contribution in [3.05, 3.63) is 0 Å².